The van der Waals surface area contributed by atoms with E-state index in [1.54, 1.807) is 5.32 Å². The Kier molecular flexibility index (Phi) is 3.97. The van der Waals surface area contributed by atoms with E-state index in [0.717, 1.165) is 0 Å². The molecule has 0 aromatic carbocycles. The van der Waals surface area contributed by atoms with Gasteiger partial charge in [0.05, 0.1) is 18.6 Å². The highest BCUT2D eigenvalue weighted by atomic mass is 19.4. The smallest absolute Gasteiger partial charge is 0.471 e. The summed E-state index contributed by atoms with van der Waals surface area (Å²) < 4.78 is 41.3. The van der Waals surface area contributed by atoms with Crippen LogP contribution in [0.3, 0.4) is 0 Å². The summed E-state index contributed by atoms with van der Waals surface area (Å²) in [5.74, 6) is -3.41. The number of carbonyl (C=O) groups excluding carboxylic acids is 1. The molecule has 1 aliphatic heterocycles. The number of carbonyl (C=O) groups is 2. The highest BCUT2D eigenvalue weighted by Gasteiger charge is 2.45. The van der Waals surface area contributed by atoms with Crippen LogP contribution in [0.2, 0.25) is 0 Å². The van der Waals surface area contributed by atoms with Crippen molar-refractivity contribution in [2.75, 3.05) is 13.2 Å². The second-order valence-electron chi connectivity index (χ2n) is 3.96. The van der Waals surface area contributed by atoms with Gasteiger partial charge >= 0.3 is 18.1 Å². The van der Waals surface area contributed by atoms with E-state index in [1.807, 2.05) is 0 Å². The molecular weight excluding hydrogens is 243 g/mol. The molecule has 1 unspecified atom stereocenters. The highest BCUT2D eigenvalue weighted by molar-refractivity contribution is 5.83. The lowest BCUT2D eigenvalue weighted by atomic mass is 9.88. The Morgan fingerprint density at radius 3 is 2.47 bits per heavy atom. The molecule has 8 heteroatoms. The third kappa shape index (κ3) is 3.88. The lowest BCUT2D eigenvalue weighted by molar-refractivity contribution is -0.178. The highest BCUT2D eigenvalue weighted by Crippen LogP contribution is 2.25. The van der Waals surface area contributed by atoms with Crippen LogP contribution < -0.4 is 5.32 Å². The standard InChI is InChI=1S/C9H12F3NO4/c10-9(11,12)7(16)13-8(4-6(14)15)2-1-3-17-5-8/h1-5H2,(H,13,16)(H,14,15). The fourth-order valence-electron chi connectivity index (χ4n) is 1.74. The van der Waals surface area contributed by atoms with E-state index >= 15 is 0 Å². The maximum absolute atomic E-state index is 12.1. The number of carboxylic acids is 1. The summed E-state index contributed by atoms with van der Waals surface area (Å²) in [5.41, 5.74) is -1.46. The Morgan fingerprint density at radius 2 is 2.06 bits per heavy atom. The van der Waals surface area contributed by atoms with Gasteiger partial charge < -0.3 is 15.2 Å². The fourth-order valence-corrected chi connectivity index (χ4v) is 1.74. The van der Waals surface area contributed by atoms with Crippen molar-refractivity contribution in [3.05, 3.63) is 0 Å². The first-order chi connectivity index (χ1) is 7.75. The number of ether oxygens (including phenoxy) is 1. The van der Waals surface area contributed by atoms with E-state index in [2.05, 4.69) is 0 Å². The largest absolute Gasteiger partial charge is 0.481 e. The van der Waals surface area contributed by atoms with Crippen LogP contribution in [0.15, 0.2) is 0 Å². The Balaban J connectivity index is 2.76. The molecule has 1 saturated heterocycles. The molecule has 1 heterocycles. The van der Waals surface area contributed by atoms with E-state index in [1.165, 1.54) is 0 Å². The second-order valence-corrected chi connectivity index (χ2v) is 3.96. The molecule has 1 aliphatic rings. The molecular formula is C9H12F3NO4. The predicted molar refractivity (Wildman–Crippen MR) is 49.2 cm³/mol. The third-order valence-electron chi connectivity index (χ3n) is 2.45. The number of halogens is 3. The first-order valence-corrected chi connectivity index (χ1v) is 4.94. The van der Waals surface area contributed by atoms with Gasteiger partial charge in [0, 0.05) is 6.61 Å². The predicted octanol–water partition coefficient (Wildman–Crippen LogP) is 0.689. The molecule has 1 atom stereocenters. The Bertz CT molecular complexity index is 310. The monoisotopic (exact) mass is 255 g/mol. The lowest BCUT2D eigenvalue weighted by Gasteiger charge is -2.36. The summed E-state index contributed by atoms with van der Waals surface area (Å²) in [7, 11) is 0. The molecule has 1 amide bonds. The van der Waals surface area contributed by atoms with E-state index in [4.69, 9.17) is 9.84 Å². The van der Waals surface area contributed by atoms with Gasteiger partial charge in [-0.25, -0.2) is 0 Å². The normalized spacial score (nSPS) is 25.4. The molecule has 0 aromatic rings. The van der Waals surface area contributed by atoms with Crippen LogP contribution >= 0.6 is 0 Å². The van der Waals surface area contributed by atoms with Gasteiger partial charge in [0.2, 0.25) is 0 Å². The van der Waals surface area contributed by atoms with E-state index in [-0.39, 0.29) is 13.0 Å². The van der Waals surface area contributed by atoms with Crippen molar-refractivity contribution in [3.8, 4) is 0 Å². The lowest BCUT2D eigenvalue weighted by Crippen LogP contribution is -2.58. The molecule has 0 saturated carbocycles. The van der Waals surface area contributed by atoms with Crippen LogP contribution in [-0.4, -0.2) is 41.9 Å². The van der Waals surface area contributed by atoms with Crippen LogP contribution in [0.4, 0.5) is 13.2 Å². The summed E-state index contributed by atoms with van der Waals surface area (Å²) in [5, 5.41) is 10.4. The minimum absolute atomic E-state index is 0.154. The Hall–Kier alpha value is -1.31. The molecule has 5 nitrogen and oxygen atoms in total. The number of hydrogen-bond donors (Lipinski definition) is 2. The van der Waals surface area contributed by atoms with Crippen LogP contribution in [-0.2, 0) is 14.3 Å². The van der Waals surface area contributed by atoms with Crippen molar-refractivity contribution in [1.29, 1.82) is 0 Å². The van der Waals surface area contributed by atoms with Crippen molar-refractivity contribution >= 4 is 11.9 Å². The Labute approximate surface area is 94.9 Å². The molecule has 0 bridgehead atoms. The fraction of sp³-hybridized carbons (Fsp3) is 0.778. The second kappa shape index (κ2) is 4.91. The van der Waals surface area contributed by atoms with E-state index < -0.39 is 30.0 Å². The molecule has 0 radical (unpaired) electrons. The van der Waals surface area contributed by atoms with Crippen LogP contribution in [0.25, 0.3) is 0 Å². The molecule has 0 aromatic heterocycles. The van der Waals surface area contributed by atoms with E-state index in [9.17, 15) is 22.8 Å². The maximum Gasteiger partial charge on any atom is 0.471 e. The van der Waals surface area contributed by atoms with Crippen molar-refractivity contribution < 1.29 is 32.6 Å². The minimum atomic E-state index is -5.02. The van der Waals surface area contributed by atoms with Crippen molar-refractivity contribution in [2.45, 2.75) is 31.0 Å². The van der Waals surface area contributed by atoms with Crippen LogP contribution in [0.1, 0.15) is 19.3 Å². The van der Waals surface area contributed by atoms with Gasteiger partial charge in [0.25, 0.3) is 0 Å². The van der Waals surface area contributed by atoms with Gasteiger partial charge in [0.15, 0.2) is 0 Å². The number of rotatable bonds is 3. The van der Waals surface area contributed by atoms with Crippen molar-refractivity contribution in [3.63, 3.8) is 0 Å². The zero-order chi connectivity index (χ0) is 13.1. The van der Waals surface area contributed by atoms with Crippen molar-refractivity contribution in [1.82, 2.24) is 5.32 Å². The molecule has 98 valence electrons. The molecule has 0 spiro atoms. The van der Waals surface area contributed by atoms with Gasteiger partial charge in [-0.3, -0.25) is 9.59 Å². The zero-order valence-electron chi connectivity index (χ0n) is 8.84. The van der Waals surface area contributed by atoms with Gasteiger partial charge in [-0.05, 0) is 12.8 Å². The summed E-state index contributed by atoms with van der Waals surface area (Å²) in [6.45, 7) is 0.129. The van der Waals surface area contributed by atoms with Gasteiger partial charge in [-0.15, -0.1) is 0 Å². The first kappa shape index (κ1) is 13.8. The maximum atomic E-state index is 12.1. The molecule has 2 N–H and O–H groups in total. The SMILES string of the molecule is O=C(O)CC1(NC(=O)C(F)(F)F)CCCOC1. The van der Waals surface area contributed by atoms with Crippen LogP contribution in [0.5, 0.6) is 0 Å². The van der Waals surface area contributed by atoms with Gasteiger partial charge in [-0.2, -0.15) is 13.2 Å². The molecule has 17 heavy (non-hydrogen) atoms. The topological polar surface area (TPSA) is 75.6 Å². The number of nitrogens with one attached hydrogen (secondary N) is 1. The number of carboxylic acid groups (broad SMARTS) is 1. The molecule has 0 aliphatic carbocycles. The summed E-state index contributed by atoms with van der Waals surface area (Å²) >= 11 is 0. The number of aliphatic carboxylic acids is 1. The van der Waals surface area contributed by atoms with Gasteiger partial charge in [-0.1, -0.05) is 0 Å². The van der Waals surface area contributed by atoms with E-state index in [0.29, 0.717) is 13.0 Å². The number of hydrogen-bond acceptors (Lipinski definition) is 3. The van der Waals surface area contributed by atoms with Crippen LogP contribution in [0, 0.1) is 0 Å². The summed E-state index contributed by atoms with van der Waals surface area (Å²) in [6, 6.07) is 0. The van der Waals surface area contributed by atoms with Crippen molar-refractivity contribution in [2.24, 2.45) is 0 Å². The first-order valence-electron chi connectivity index (χ1n) is 4.94. The minimum Gasteiger partial charge on any atom is -0.481 e. The average Bonchev–Trinajstić information content (AvgIpc) is 2.15. The van der Waals surface area contributed by atoms with Gasteiger partial charge in [0.1, 0.15) is 0 Å². The number of amides is 1. The third-order valence-corrected chi connectivity index (χ3v) is 2.45. The zero-order valence-corrected chi connectivity index (χ0v) is 8.84. The molecule has 1 rings (SSSR count). The average molecular weight is 255 g/mol. The number of alkyl halides is 3. The summed E-state index contributed by atoms with van der Waals surface area (Å²) in [6.07, 6.45) is -5.05. The summed E-state index contributed by atoms with van der Waals surface area (Å²) in [4.78, 5) is 21.5. The molecule has 1 fully saturated rings. The Morgan fingerprint density at radius 1 is 1.41 bits per heavy atom. The quantitative estimate of drug-likeness (QED) is 0.778.